The number of rotatable bonds is 3. The molecule has 2 aromatic carbocycles. The number of nitrogens with one attached hydrogen (secondary N) is 1. The van der Waals surface area contributed by atoms with E-state index in [2.05, 4.69) is 10.3 Å². The zero-order valence-electron chi connectivity index (χ0n) is 12.8. The summed E-state index contributed by atoms with van der Waals surface area (Å²) in [4.78, 5) is 16.3. The fourth-order valence-corrected chi connectivity index (χ4v) is 2.40. The summed E-state index contributed by atoms with van der Waals surface area (Å²) in [7, 11) is 1.61. The predicted octanol–water partition coefficient (Wildman–Crippen LogP) is 3.06. The highest BCUT2D eigenvalue weighted by Gasteiger charge is 2.22. The number of carbonyl (C=O) groups excluding carboxylic acids is 1. The number of nitrogens with zero attached hydrogens (tertiary/aromatic N) is 1. The third-order valence-electron chi connectivity index (χ3n) is 3.55. The van der Waals surface area contributed by atoms with E-state index in [1.165, 1.54) is 6.07 Å². The first-order valence-corrected chi connectivity index (χ1v) is 7.10. The second-order valence-electron chi connectivity index (χ2n) is 5.15. The molecule has 1 amide bonds. The fourth-order valence-electron chi connectivity index (χ4n) is 2.40. The van der Waals surface area contributed by atoms with Crippen molar-refractivity contribution in [3.8, 4) is 5.75 Å². The van der Waals surface area contributed by atoms with Gasteiger partial charge in [-0.1, -0.05) is 18.2 Å². The Morgan fingerprint density at radius 3 is 2.70 bits per heavy atom. The van der Waals surface area contributed by atoms with Crippen molar-refractivity contribution in [1.82, 2.24) is 5.32 Å². The Morgan fingerprint density at radius 1 is 1.22 bits per heavy atom. The minimum Gasteiger partial charge on any atom is -0.496 e. The zero-order chi connectivity index (χ0) is 16.4. The smallest absolute Gasteiger partial charge is 0.275 e. The van der Waals surface area contributed by atoms with Gasteiger partial charge < -0.3 is 10.1 Å². The molecule has 116 valence electrons. The number of halogens is 1. The molecule has 1 aliphatic heterocycles. The minimum atomic E-state index is -0.423. The standard InChI is InChI=1S/C18H15FN2O2/c1-11-9-12(7-8-16(11)23-2)10-15-18(22)21-17(20-15)13-5-3-4-6-14(13)19/h3-10H,1-2H3,(H,20,21,22)/b15-10+. The largest absolute Gasteiger partial charge is 0.496 e. The molecule has 0 saturated carbocycles. The van der Waals surface area contributed by atoms with E-state index in [1.54, 1.807) is 31.4 Å². The molecule has 3 rings (SSSR count). The summed E-state index contributed by atoms with van der Waals surface area (Å²) in [6.07, 6.45) is 1.66. The molecular weight excluding hydrogens is 295 g/mol. The van der Waals surface area contributed by atoms with Crippen LogP contribution in [0, 0.1) is 12.7 Å². The van der Waals surface area contributed by atoms with E-state index in [9.17, 15) is 9.18 Å². The maximum Gasteiger partial charge on any atom is 0.275 e. The summed E-state index contributed by atoms with van der Waals surface area (Å²) in [6, 6.07) is 11.8. The molecule has 0 spiro atoms. The van der Waals surface area contributed by atoms with E-state index in [0.29, 0.717) is 0 Å². The first-order chi connectivity index (χ1) is 11.1. The molecule has 4 nitrogen and oxygen atoms in total. The lowest BCUT2D eigenvalue weighted by Gasteiger charge is -2.04. The zero-order valence-corrected chi connectivity index (χ0v) is 12.8. The van der Waals surface area contributed by atoms with E-state index in [4.69, 9.17) is 4.74 Å². The number of ether oxygens (including phenoxy) is 1. The van der Waals surface area contributed by atoms with Gasteiger partial charge in [-0.25, -0.2) is 9.38 Å². The molecule has 2 aromatic rings. The van der Waals surface area contributed by atoms with E-state index in [-0.39, 0.29) is 23.0 Å². The van der Waals surface area contributed by atoms with Crippen molar-refractivity contribution in [2.45, 2.75) is 6.92 Å². The van der Waals surface area contributed by atoms with Crippen LogP contribution in [-0.2, 0) is 4.79 Å². The Kier molecular flexibility index (Phi) is 3.93. The lowest BCUT2D eigenvalue weighted by Crippen LogP contribution is -2.25. The van der Waals surface area contributed by atoms with Crippen LogP contribution in [-0.4, -0.2) is 18.9 Å². The first kappa shape index (κ1) is 15.0. The van der Waals surface area contributed by atoms with Gasteiger partial charge in [0.25, 0.3) is 5.91 Å². The van der Waals surface area contributed by atoms with E-state index in [0.717, 1.165) is 16.9 Å². The highest BCUT2D eigenvalue weighted by molar-refractivity contribution is 6.19. The van der Waals surface area contributed by atoms with Gasteiger partial charge in [0.1, 0.15) is 23.1 Å². The van der Waals surface area contributed by atoms with E-state index >= 15 is 0 Å². The molecule has 0 atom stereocenters. The van der Waals surface area contributed by atoms with Crippen LogP contribution in [0.2, 0.25) is 0 Å². The van der Waals surface area contributed by atoms with Crippen LogP contribution < -0.4 is 10.1 Å². The molecule has 5 heteroatoms. The summed E-state index contributed by atoms with van der Waals surface area (Å²) in [5.41, 5.74) is 2.30. The predicted molar refractivity (Wildman–Crippen MR) is 86.8 cm³/mol. The van der Waals surface area contributed by atoms with Crippen LogP contribution >= 0.6 is 0 Å². The topological polar surface area (TPSA) is 50.7 Å². The van der Waals surface area contributed by atoms with E-state index in [1.807, 2.05) is 25.1 Å². The molecule has 1 aliphatic rings. The maximum absolute atomic E-state index is 13.8. The van der Waals surface area contributed by atoms with Crippen LogP contribution in [0.3, 0.4) is 0 Å². The van der Waals surface area contributed by atoms with Crippen LogP contribution in [0.1, 0.15) is 16.7 Å². The average Bonchev–Trinajstić information content (AvgIpc) is 2.89. The summed E-state index contributed by atoms with van der Waals surface area (Å²) in [6.45, 7) is 1.92. The lowest BCUT2D eigenvalue weighted by atomic mass is 10.1. The highest BCUT2D eigenvalue weighted by Crippen LogP contribution is 2.22. The van der Waals surface area contributed by atoms with Crippen molar-refractivity contribution >= 4 is 17.8 Å². The summed E-state index contributed by atoms with van der Waals surface area (Å²) < 4.78 is 19.0. The quantitative estimate of drug-likeness (QED) is 0.886. The Balaban J connectivity index is 1.95. The third kappa shape index (κ3) is 2.99. The number of hydrogen-bond acceptors (Lipinski definition) is 3. The number of aryl methyl sites for hydroxylation is 1. The van der Waals surface area contributed by atoms with Crippen molar-refractivity contribution < 1.29 is 13.9 Å². The number of methoxy groups -OCH3 is 1. The Labute approximate surface area is 133 Å². The minimum absolute atomic E-state index is 0.226. The van der Waals surface area contributed by atoms with Crippen molar-refractivity contribution in [3.05, 3.63) is 70.7 Å². The van der Waals surface area contributed by atoms with Gasteiger partial charge in [-0.15, -0.1) is 0 Å². The Bertz CT molecular complexity index is 841. The molecule has 0 unspecified atom stereocenters. The van der Waals surface area contributed by atoms with Gasteiger partial charge in [0.05, 0.1) is 12.7 Å². The lowest BCUT2D eigenvalue weighted by molar-refractivity contribution is -0.115. The highest BCUT2D eigenvalue weighted by atomic mass is 19.1. The molecule has 0 aliphatic carbocycles. The van der Waals surface area contributed by atoms with Gasteiger partial charge in [-0.3, -0.25) is 4.79 Å². The van der Waals surface area contributed by atoms with Crippen LogP contribution in [0.25, 0.3) is 6.08 Å². The number of amidine groups is 1. The first-order valence-electron chi connectivity index (χ1n) is 7.10. The molecule has 23 heavy (non-hydrogen) atoms. The van der Waals surface area contributed by atoms with Crippen molar-refractivity contribution in [1.29, 1.82) is 0 Å². The second kappa shape index (κ2) is 6.04. The molecule has 0 fully saturated rings. The van der Waals surface area contributed by atoms with Crippen LogP contribution in [0.15, 0.2) is 53.2 Å². The van der Waals surface area contributed by atoms with Crippen LogP contribution in [0.5, 0.6) is 5.75 Å². The van der Waals surface area contributed by atoms with Gasteiger partial charge >= 0.3 is 0 Å². The monoisotopic (exact) mass is 310 g/mol. The van der Waals surface area contributed by atoms with Gasteiger partial charge in [-0.05, 0) is 48.4 Å². The maximum atomic E-state index is 13.8. The van der Waals surface area contributed by atoms with Crippen molar-refractivity contribution in [3.63, 3.8) is 0 Å². The third-order valence-corrected chi connectivity index (χ3v) is 3.55. The van der Waals surface area contributed by atoms with Gasteiger partial charge in [0.15, 0.2) is 0 Å². The van der Waals surface area contributed by atoms with Crippen molar-refractivity contribution in [2.24, 2.45) is 4.99 Å². The number of hydrogen-bond donors (Lipinski definition) is 1. The normalized spacial score (nSPS) is 15.5. The van der Waals surface area contributed by atoms with Crippen LogP contribution in [0.4, 0.5) is 4.39 Å². The number of amides is 1. The van der Waals surface area contributed by atoms with Crippen molar-refractivity contribution in [2.75, 3.05) is 7.11 Å². The van der Waals surface area contributed by atoms with Gasteiger partial charge in [0.2, 0.25) is 0 Å². The number of carbonyl (C=O) groups is 1. The molecule has 1 heterocycles. The van der Waals surface area contributed by atoms with Gasteiger partial charge in [-0.2, -0.15) is 0 Å². The summed E-state index contributed by atoms with van der Waals surface area (Å²) in [5, 5.41) is 2.60. The molecule has 1 N–H and O–H groups in total. The molecular formula is C18H15FN2O2. The SMILES string of the molecule is COc1ccc(/C=C2/N=C(c3ccccc3F)NC2=O)cc1C. The molecule has 0 saturated heterocycles. The fraction of sp³-hybridized carbons (Fsp3) is 0.111. The Hall–Kier alpha value is -2.95. The van der Waals surface area contributed by atoms with Gasteiger partial charge in [0, 0.05) is 0 Å². The summed E-state index contributed by atoms with van der Waals surface area (Å²) >= 11 is 0. The van der Waals surface area contributed by atoms with E-state index < -0.39 is 5.82 Å². The molecule has 0 bridgehead atoms. The molecule has 0 aromatic heterocycles. The number of benzene rings is 2. The number of aliphatic imine (C=N–C) groups is 1. The Morgan fingerprint density at radius 2 is 2.00 bits per heavy atom. The second-order valence-corrected chi connectivity index (χ2v) is 5.15. The summed E-state index contributed by atoms with van der Waals surface area (Å²) in [5.74, 6) is 0.230. The molecule has 0 radical (unpaired) electrons. The average molecular weight is 310 g/mol.